The van der Waals surface area contributed by atoms with Crippen molar-refractivity contribution in [2.24, 2.45) is 0 Å². The minimum absolute atomic E-state index is 0.255. The molecule has 0 radical (unpaired) electrons. The molecule has 3 nitrogen and oxygen atoms in total. The van der Waals surface area contributed by atoms with Gasteiger partial charge in [0.1, 0.15) is 5.78 Å². The topological polar surface area (TPSA) is 40.5 Å². The predicted molar refractivity (Wildman–Crippen MR) is 54.1 cm³/mol. The lowest BCUT2D eigenvalue weighted by atomic mass is 10.00. The van der Waals surface area contributed by atoms with Crippen molar-refractivity contribution in [1.82, 2.24) is 4.90 Å². The number of hydrogen-bond donors (Lipinski definition) is 1. The minimum atomic E-state index is 0.255. The largest absolute Gasteiger partial charge is 0.395 e. The number of carbonyl (C=O) groups is 1. The van der Waals surface area contributed by atoms with E-state index in [-0.39, 0.29) is 6.61 Å². The zero-order chi connectivity index (χ0) is 9.97. The first kappa shape index (κ1) is 10.1. The van der Waals surface area contributed by atoms with Crippen LogP contribution in [-0.4, -0.2) is 41.0 Å². The SMILES string of the molecule is O=C1CCC(N2CCCCC2CO)C1. The molecule has 1 aliphatic carbocycles. The number of likely N-dealkylation sites (tertiary alicyclic amines) is 1. The highest BCUT2D eigenvalue weighted by atomic mass is 16.3. The number of ketones is 1. The van der Waals surface area contributed by atoms with E-state index in [2.05, 4.69) is 4.90 Å². The fourth-order valence-corrected chi connectivity index (χ4v) is 2.78. The molecule has 0 aromatic heterocycles. The summed E-state index contributed by atoms with van der Waals surface area (Å²) in [5.41, 5.74) is 0. The van der Waals surface area contributed by atoms with Gasteiger partial charge in [0.25, 0.3) is 0 Å². The van der Waals surface area contributed by atoms with Crippen LogP contribution in [0.2, 0.25) is 0 Å². The van der Waals surface area contributed by atoms with Crippen LogP contribution in [0.5, 0.6) is 0 Å². The molecule has 80 valence electrons. The average Bonchev–Trinajstić information content (AvgIpc) is 2.65. The van der Waals surface area contributed by atoms with Crippen molar-refractivity contribution < 1.29 is 9.90 Å². The number of piperidine rings is 1. The standard InChI is InChI=1S/C11H19NO2/c13-8-10-3-1-2-6-12(10)9-4-5-11(14)7-9/h9-10,13H,1-8H2. The molecule has 0 bridgehead atoms. The first-order valence-corrected chi connectivity index (χ1v) is 5.69. The second-order valence-corrected chi connectivity index (χ2v) is 4.51. The zero-order valence-corrected chi connectivity index (χ0v) is 8.61. The average molecular weight is 197 g/mol. The van der Waals surface area contributed by atoms with E-state index in [1.165, 1.54) is 12.8 Å². The lowest BCUT2D eigenvalue weighted by Gasteiger charge is -2.38. The highest BCUT2D eigenvalue weighted by molar-refractivity contribution is 5.81. The Morgan fingerprint density at radius 1 is 1.36 bits per heavy atom. The lowest BCUT2D eigenvalue weighted by Crippen LogP contribution is -2.47. The Morgan fingerprint density at radius 3 is 2.86 bits per heavy atom. The third kappa shape index (κ3) is 1.98. The van der Waals surface area contributed by atoms with E-state index in [4.69, 9.17) is 0 Å². The van der Waals surface area contributed by atoms with Crippen LogP contribution in [0.1, 0.15) is 38.5 Å². The number of aliphatic hydroxyl groups excluding tert-OH is 1. The predicted octanol–water partition coefficient (Wildman–Crippen LogP) is 0.955. The van der Waals surface area contributed by atoms with Crippen LogP contribution in [0.3, 0.4) is 0 Å². The Kier molecular flexibility index (Phi) is 3.19. The number of rotatable bonds is 2. The molecule has 1 saturated heterocycles. The molecular weight excluding hydrogens is 178 g/mol. The van der Waals surface area contributed by atoms with E-state index in [0.29, 0.717) is 17.9 Å². The number of hydrogen-bond acceptors (Lipinski definition) is 3. The Morgan fingerprint density at radius 2 is 2.21 bits per heavy atom. The third-order valence-corrected chi connectivity index (χ3v) is 3.57. The molecule has 0 aromatic rings. The molecule has 2 aliphatic rings. The van der Waals surface area contributed by atoms with Gasteiger partial charge in [-0.05, 0) is 25.8 Å². The second-order valence-electron chi connectivity index (χ2n) is 4.51. The van der Waals surface area contributed by atoms with Gasteiger partial charge in [-0.1, -0.05) is 6.42 Å². The lowest BCUT2D eigenvalue weighted by molar-refractivity contribution is -0.117. The van der Waals surface area contributed by atoms with E-state index >= 15 is 0 Å². The van der Waals surface area contributed by atoms with E-state index < -0.39 is 0 Å². The Balaban J connectivity index is 1.96. The molecule has 14 heavy (non-hydrogen) atoms. The molecule has 0 spiro atoms. The summed E-state index contributed by atoms with van der Waals surface area (Å²) in [6.07, 6.45) is 6.02. The smallest absolute Gasteiger partial charge is 0.134 e. The second kappa shape index (κ2) is 4.41. The van der Waals surface area contributed by atoms with Crippen LogP contribution in [0.4, 0.5) is 0 Å². The van der Waals surface area contributed by atoms with Gasteiger partial charge in [0, 0.05) is 24.9 Å². The maximum absolute atomic E-state index is 11.2. The summed E-state index contributed by atoms with van der Waals surface area (Å²) in [5.74, 6) is 0.400. The van der Waals surface area contributed by atoms with Gasteiger partial charge in [-0.3, -0.25) is 9.69 Å². The molecule has 2 rings (SSSR count). The van der Waals surface area contributed by atoms with Gasteiger partial charge in [-0.2, -0.15) is 0 Å². The van der Waals surface area contributed by atoms with Crippen LogP contribution in [0.25, 0.3) is 0 Å². The van der Waals surface area contributed by atoms with Gasteiger partial charge in [0.05, 0.1) is 6.61 Å². The van der Waals surface area contributed by atoms with Crippen LogP contribution >= 0.6 is 0 Å². The summed E-state index contributed by atoms with van der Waals surface area (Å²) in [5, 5.41) is 9.26. The van der Waals surface area contributed by atoms with Gasteiger partial charge in [-0.15, -0.1) is 0 Å². The molecule has 2 fully saturated rings. The van der Waals surface area contributed by atoms with Crippen molar-refractivity contribution in [3.8, 4) is 0 Å². The van der Waals surface area contributed by atoms with Crippen LogP contribution in [0, 0.1) is 0 Å². The summed E-state index contributed by atoms with van der Waals surface area (Å²) >= 11 is 0. The Hall–Kier alpha value is -0.410. The van der Waals surface area contributed by atoms with Crippen molar-refractivity contribution in [3.05, 3.63) is 0 Å². The quantitative estimate of drug-likeness (QED) is 0.716. The van der Waals surface area contributed by atoms with Gasteiger partial charge >= 0.3 is 0 Å². The maximum atomic E-state index is 11.2. The molecule has 1 saturated carbocycles. The number of aliphatic hydroxyl groups is 1. The van der Waals surface area contributed by atoms with E-state index in [1.54, 1.807) is 0 Å². The summed E-state index contributed by atoms with van der Waals surface area (Å²) < 4.78 is 0. The molecule has 1 aliphatic heterocycles. The first-order chi connectivity index (χ1) is 6.81. The van der Waals surface area contributed by atoms with Gasteiger partial charge in [0.2, 0.25) is 0 Å². The minimum Gasteiger partial charge on any atom is -0.395 e. The number of nitrogens with zero attached hydrogens (tertiary/aromatic N) is 1. The van der Waals surface area contributed by atoms with Crippen LogP contribution in [0.15, 0.2) is 0 Å². The first-order valence-electron chi connectivity index (χ1n) is 5.69. The normalized spacial score (nSPS) is 35.1. The molecule has 0 aromatic carbocycles. The molecule has 0 amide bonds. The van der Waals surface area contributed by atoms with Crippen molar-refractivity contribution in [3.63, 3.8) is 0 Å². The zero-order valence-electron chi connectivity index (χ0n) is 8.61. The summed E-state index contributed by atoms with van der Waals surface area (Å²) in [6.45, 7) is 1.33. The number of carbonyl (C=O) groups excluding carboxylic acids is 1. The molecular formula is C11H19NO2. The van der Waals surface area contributed by atoms with Gasteiger partial charge in [-0.25, -0.2) is 0 Å². The Bertz CT molecular complexity index is 217. The molecule has 1 N–H and O–H groups in total. The Labute approximate surface area is 85.1 Å². The highest BCUT2D eigenvalue weighted by Gasteiger charge is 2.32. The summed E-state index contributed by atoms with van der Waals surface area (Å²) in [6, 6.07) is 0.750. The molecule has 3 heteroatoms. The van der Waals surface area contributed by atoms with Crippen molar-refractivity contribution >= 4 is 5.78 Å². The van der Waals surface area contributed by atoms with E-state index in [0.717, 1.165) is 32.2 Å². The fraction of sp³-hybridized carbons (Fsp3) is 0.909. The molecule has 2 unspecified atom stereocenters. The number of Topliss-reactive ketones (excluding diaryl/α,β-unsaturated/α-hetero) is 1. The van der Waals surface area contributed by atoms with Crippen molar-refractivity contribution in [1.29, 1.82) is 0 Å². The summed E-state index contributed by atoms with van der Waals surface area (Å²) in [7, 11) is 0. The monoisotopic (exact) mass is 197 g/mol. The highest BCUT2D eigenvalue weighted by Crippen LogP contribution is 2.27. The fourth-order valence-electron chi connectivity index (χ4n) is 2.78. The van der Waals surface area contributed by atoms with Gasteiger partial charge in [0.15, 0.2) is 0 Å². The molecule has 2 atom stereocenters. The van der Waals surface area contributed by atoms with Gasteiger partial charge < -0.3 is 5.11 Å². The summed E-state index contributed by atoms with van der Waals surface area (Å²) in [4.78, 5) is 13.6. The maximum Gasteiger partial charge on any atom is 0.134 e. The van der Waals surface area contributed by atoms with E-state index in [1.807, 2.05) is 0 Å². The van der Waals surface area contributed by atoms with Crippen molar-refractivity contribution in [2.45, 2.75) is 50.6 Å². The van der Waals surface area contributed by atoms with E-state index in [9.17, 15) is 9.90 Å². The third-order valence-electron chi connectivity index (χ3n) is 3.57. The van der Waals surface area contributed by atoms with Crippen LogP contribution < -0.4 is 0 Å². The van der Waals surface area contributed by atoms with Crippen molar-refractivity contribution in [2.75, 3.05) is 13.2 Å². The molecule has 1 heterocycles. The van der Waals surface area contributed by atoms with Crippen LogP contribution in [-0.2, 0) is 4.79 Å².